The molecule has 0 aromatic carbocycles. The van der Waals surface area contributed by atoms with Crippen LogP contribution in [0.25, 0.3) is 0 Å². The minimum absolute atomic E-state index is 0. The molecule has 24 heavy (non-hydrogen) atoms. The zero-order chi connectivity index (χ0) is 16.1. The van der Waals surface area contributed by atoms with Crippen LogP contribution >= 0.6 is 0 Å². The number of carbonyl (C=O) groups is 1. The first-order valence-electron chi connectivity index (χ1n) is 9.27. The Labute approximate surface area is 182 Å². The van der Waals surface area contributed by atoms with Gasteiger partial charge < -0.3 is 61.7 Å². The van der Waals surface area contributed by atoms with Crippen LogP contribution in [0.15, 0.2) is 0 Å². The Morgan fingerprint density at radius 1 is 0.875 bits per heavy atom. The highest BCUT2D eigenvalue weighted by Crippen LogP contribution is 2.19. The molecule has 0 bridgehead atoms. The highest BCUT2D eigenvalue weighted by atomic mass is 127. The first-order valence-corrected chi connectivity index (χ1v) is 9.27. The molecule has 2 saturated heterocycles. The molecule has 144 valence electrons. The number of hydrogen-bond acceptors (Lipinski definition) is 2. The Hall–Kier alpha value is 0.850. The minimum Gasteiger partial charge on any atom is -1.00 e. The maximum absolute atomic E-state index is 12.1. The number of quaternary nitrogens is 2. The fourth-order valence-corrected chi connectivity index (χ4v) is 4.26. The number of esters is 1. The van der Waals surface area contributed by atoms with E-state index in [-0.39, 0.29) is 60.0 Å². The van der Waals surface area contributed by atoms with Crippen molar-refractivity contribution < 1.29 is 66.5 Å². The minimum atomic E-state index is 0. The summed E-state index contributed by atoms with van der Waals surface area (Å²) in [5.74, 6) is 0.000956. The predicted molar refractivity (Wildman–Crippen MR) is 89.4 cm³/mol. The second-order valence-corrected chi connectivity index (χ2v) is 8.21. The third-order valence-electron chi connectivity index (χ3n) is 5.68. The lowest BCUT2D eigenvalue weighted by molar-refractivity contribution is -0.916. The second-order valence-electron chi connectivity index (χ2n) is 8.21. The van der Waals surface area contributed by atoms with E-state index in [0.717, 1.165) is 22.1 Å². The van der Waals surface area contributed by atoms with Crippen molar-refractivity contribution in [1.29, 1.82) is 0 Å². The van der Waals surface area contributed by atoms with Crippen molar-refractivity contribution in [3.05, 3.63) is 0 Å². The molecule has 1 unspecified atom stereocenters. The maximum Gasteiger partial charge on any atom is 0.311 e. The number of likely N-dealkylation sites (N-methyl/N-ethyl adjacent to an activating group) is 1. The van der Waals surface area contributed by atoms with Gasteiger partial charge in [-0.15, -0.1) is 0 Å². The van der Waals surface area contributed by atoms with Crippen molar-refractivity contribution in [2.24, 2.45) is 0 Å². The number of rotatable bonds is 6. The van der Waals surface area contributed by atoms with E-state index in [9.17, 15) is 4.79 Å². The van der Waals surface area contributed by atoms with E-state index >= 15 is 0 Å². The summed E-state index contributed by atoms with van der Waals surface area (Å²) >= 11 is 0. The van der Waals surface area contributed by atoms with Crippen molar-refractivity contribution in [2.45, 2.75) is 58.0 Å². The third-order valence-corrected chi connectivity index (χ3v) is 5.68. The first-order chi connectivity index (χ1) is 10.4. The molecule has 0 aliphatic carbocycles. The summed E-state index contributed by atoms with van der Waals surface area (Å²) in [5.41, 5.74) is 0. The highest BCUT2D eigenvalue weighted by Gasteiger charge is 2.29. The van der Waals surface area contributed by atoms with Gasteiger partial charge in [0.1, 0.15) is 12.6 Å². The quantitative estimate of drug-likeness (QED) is 0.190. The van der Waals surface area contributed by atoms with Gasteiger partial charge >= 0.3 is 5.97 Å². The van der Waals surface area contributed by atoms with E-state index in [0.29, 0.717) is 6.42 Å². The molecular weight excluding hydrogens is 530 g/mol. The Morgan fingerprint density at radius 3 is 1.83 bits per heavy atom. The lowest BCUT2D eigenvalue weighted by atomic mass is 10.1. The summed E-state index contributed by atoms with van der Waals surface area (Å²) in [6.07, 6.45) is 8.56. The largest absolute Gasteiger partial charge is 1.00 e. The molecule has 2 aliphatic rings. The van der Waals surface area contributed by atoms with E-state index in [1.165, 1.54) is 64.7 Å². The van der Waals surface area contributed by atoms with Crippen LogP contribution in [0.4, 0.5) is 0 Å². The molecule has 0 aromatic rings. The maximum atomic E-state index is 12.1. The predicted octanol–water partition coefficient (Wildman–Crippen LogP) is -3.42. The number of hydrogen-bond donors (Lipinski definition) is 0. The number of ether oxygens (including phenoxy) is 1. The monoisotopic (exact) mass is 566 g/mol. The SMILES string of the molecule is CC(C[N+]1(C)CCCCC1)OC(=O)CC[N+]1(C)CCCCC1.[I-].[I-]. The molecule has 0 N–H and O–H groups in total. The molecule has 0 saturated carbocycles. The summed E-state index contributed by atoms with van der Waals surface area (Å²) in [4.78, 5) is 12.1. The summed E-state index contributed by atoms with van der Waals surface area (Å²) < 4.78 is 7.81. The number of piperidine rings is 2. The first kappa shape index (κ1) is 24.8. The van der Waals surface area contributed by atoms with Gasteiger partial charge in [-0.1, -0.05) is 0 Å². The Morgan fingerprint density at radius 2 is 1.33 bits per heavy atom. The molecule has 6 heteroatoms. The van der Waals surface area contributed by atoms with Gasteiger partial charge in [0.25, 0.3) is 0 Å². The number of halogens is 2. The van der Waals surface area contributed by atoms with Gasteiger partial charge in [0, 0.05) is 0 Å². The zero-order valence-electron chi connectivity index (χ0n) is 15.7. The molecule has 2 rings (SSSR count). The Bertz CT molecular complexity index is 368. The van der Waals surface area contributed by atoms with Crippen LogP contribution in [0, 0.1) is 0 Å². The zero-order valence-corrected chi connectivity index (χ0v) is 20.1. The molecule has 0 amide bonds. The Balaban J connectivity index is 0.00000264. The van der Waals surface area contributed by atoms with Crippen LogP contribution in [0.2, 0.25) is 0 Å². The van der Waals surface area contributed by atoms with Crippen molar-refractivity contribution in [2.75, 3.05) is 53.4 Å². The van der Waals surface area contributed by atoms with Crippen molar-refractivity contribution in [1.82, 2.24) is 0 Å². The van der Waals surface area contributed by atoms with E-state index in [2.05, 4.69) is 21.0 Å². The topological polar surface area (TPSA) is 26.3 Å². The van der Waals surface area contributed by atoms with Gasteiger partial charge in [0.2, 0.25) is 0 Å². The average Bonchev–Trinajstić information content (AvgIpc) is 2.46. The molecule has 2 heterocycles. The van der Waals surface area contributed by atoms with E-state index in [1.807, 2.05) is 0 Å². The Kier molecular flexibility index (Phi) is 11.9. The molecule has 4 nitrogen and oxygen atoms in total. The van der Waals surface area contributed by atoms with Crippen molar-refractivity contribution in [3.63, 3.8) is 0 Å². The molecule has 1 atom stereocenters. The summed E-state index contributed by atoms with van der Waals surface area (Å²) in [6.45, 7) is 8.88. The average molecular weight is 566 g/mol. The fourth-order valence-electron chi connectivity index (χ4n) is 4.26. The van der Waals surface area contributed by atoms with E-state index in [1.54, 1.807) is 0 Å². The lowest BCUT2D eigenvalue weighted by Gasteiger charge is -2.39. The number of nitrogens with zero attached hydrogens (tertiary/aromatic N) is 2. The molecule has 2 aliphatic heterocycles. The lowest BCUT2D eigenvalue weighted by Crippen LogP contribution is -3.00. The number of carbonyl (C=O) groups excluding carboxylic acids is 1. The van der Waals surface area contributed by atoms with Crippen LogP contribution in [0.3, 0.4) is 0 Å². The summed E-state index contributed by atoms with van der Waals surface area (Å²) in [6, 6.07) is 0. The van der Waals surface area contributed by atoms with Gasteiger partial charge in [-0.25, -0.2) is 0 Å². The van der Waals surface area contributed by atoms with Crippen LogP contribution in [0.1, 0.15) is 51.9 Å². The molecular formula is C18H36I2N2O2. The van der Waals surface area contributed by atoms with Gasteiger partial charge in [0.15, 0.2) is 0 Å². The summed E-state index contributed by atoms with van der Waals surface area (Å²) in [7, 11) is 4.60. The van der Waals surface area contributed by atoms with Crippen LogP contribution in [-0.2, 0) is 9.53 Å². The second kappa shape index (κ2) is 11.5. The van der Waals surface area contributed by atoms with E-state index in [4.69, 9.17) is 4.74 Å². The molecule has 0 radical (unpaired) electrons. The van der Waals surface area contributed by atoms with Gasteiger partial charge in [-0.2, -0.15) is 0 Å². The molecule has 2 fully saturated rings. The highest BCUT2D eigenvalue weighted by molar-refractivity contribution is 5.69. The van der Waals surface area contributed by atoms with Gasteiger partial charge in [0.05, 0.1) is 53.2 Å². The normalized spacial score (nSPS) is 23.3. The van der Waals surface area contributed by atoms with Gasteiger partial charge in [-0.05, 0) is 45.4 Å². The summed E-state index contributed by atoms with van der Waals surface area (Å²) in [5, 5.41) is 0. The van der Waals surface area contributed by atoms with Crippen LogP contribution in [-0.4, -0.2) is 74.4 Å². The fraction of sp³-hybridized carbons (Fsp3) is 0.944. The van der Waals surface area contributed by atoms with Crippen LogP contribution in [0.5, 0.6) is 0 Å². The smallest absolute Gasteiger partial charge is 0.311 e. The van der Waals surface area contributed by atoms with Crippen molar-refractivity contribution >= 4 is 5.97 Å². The van der Waals surface area contributed by atoms with E-state index < -0.39 is 0 Å². The molecule has 0 aromatic heterocycles. The standard InChI is InChI=1S/C18H36N2O2.2HI/c1-17(16-20(3)13-8-5-9-14-20)22-18(21)10-15-19(2)11-6-4-7-12-19;;/h17H,4-16H2,1-3H3;2*1H/q+2;;/p-2. The van der Waals surface area contributed by atoms with Crippen LogP contribution < -0.4 is 48.0 Å². The third kappa shape index (κ3) is 8.49. The van der Waals surface area contributed by atoms with Gasteiger partial charge in [-0.3, -0.25) is 4.79 Å². The number of likely N-dealkylation sites (tertiary alicyclic amines) is 2. The van der Waals surface area contributed by atoms with Crippen molar-refractivity contribution in [3.8, 4) is 0 Å². The molecule has 0 spiro atoms.